The Morgan fingerprint density at radius 1 is 1.28 bits per heavy atom. The van der Waals surface area contributed by atoms with Gasteiger partial charge in [-0.3, -0.25) is 0 Å². The van der Waals surface area contributed by atoms with Gasteiger partial charge in [0.2, 0.25) is 0 Å². The minimum absolute atomic E-state index is 0.144. The molecular formula is C12H11I3O3. The van der Waals surface area contributed by atoms with Gasteiger partial charge in [-0.25, -0.2) is 4.79 Å². The van der Waals surface area contributed by atoms with Gasteiger partial charge in [0.15, 0.2) is 0 Å². The van der Waals surface area contributed by atoms with E-state index >= 15 is 0 Å². The molecule has 0 bridgehead atoms. The molecule has 0 saturated carbocycles. The van der Waals surface area contributed by atoms with Crippen LogP contribution in [0.5, 0.6) is 5.75 Å². The molecule has 0 spiro atoms. The lowest BCUT2D eigenvalue weighted by atomic mass is 10.3. The van der Waals surface area contributed by atoms with Crippen molar-refractivity contribution >= 4 is 73.7 Å². The van der Waals surface area contributed by atoms with Crippen LogP contribution in [0.15, 0.2) is 24.3 Å². The molecule has 0 N–H and O–H groups in total. The van der Waals surface area contributed by atoms with Crippen LogP contribution in [0.3, 0.4) is 0 Å². The van der Waals surface area contributed by atoms with Gasteiger partial charge >= 0.3 is 5.97 Å². The highest BCUT2D eigenvalue weighted by molar-refractivity contribution is 14.1. The van der Waals surface area contributed by atoms with E-state index in [0.717, 1.165) is 16.5 Å². The fraction of sp³-hybridized carbons (Fsp3) is 0.250. The van der Waals surface area contributed by atoms with E-state index in [9.17, 15) is 4.79 Å². The van der Waals surface area contributed by atoms with Crippen molar-refractivity contribution in [3.8, 4) is 5.75 Å². The van der Waals surface area contributed by atoms with E-state index in [2.05, 4.69) is 74.4 Å². The molecule has 0 heterocycles. The van der Waals surface area contributed by atoms with Gasteiger partial charge in [-0.15, -0.1) is 0 Å². The Labute approximate surface area is 147 Å². The van der Waals surface area contributed by atoms with E-state index < -0.39 is 5.97 Å². The quantitative estimate of drug-likeness (QED) is 0.299. The van der Waals surface area contributed by atoms with Crippen molar-refractivity contribution in [1.82, 2.24) is 0 Å². The fourth-order valence-electron chi connectivity index (χ4n) is 1.12. The van der Waals surface area contributed by atoms with Crippen molar-refractivity contribution in [2.75, 3.05) is 13.2 Å². The van der Waals surface area contributed by atoms with Gasteiger partial charge in [-0.2, -0.15) is 0 Å². The molecule has 98 valence electrons. The number of rotatable bonds is 5. The molecule has 0 unspecified atom stereocenters. The number of esters is 1. The standard InChI is InChI=1S/C12H11I3O3/c1-3-17-12(16)7(2)6-18-11-9(14)4-8(13)5-10(11)15/h4-5H,2-3,6H2,1H3. The van der Waals surface area contributed by atoms with Crippen molar-refractivity contribution in [3.05, 3.63) is 35.0 Å². The molecule has 0 saturated heterocycles. The molecule has 1 rings (SSSR count). The van der Waals surface area contributed by atoms with Gasteiger partial charge in [-0.05, 0) is 86.8 Å². The number of carbonyl (C=O) groups excluding carboxylic acids is 1. The van der Waals surface area contributed by atoms with Gasteiger partial charge in [-0.1, -0.05) is 6.58 Å². The van der Waals surface area contributed by atoms with Crippen LogP contribution in [0.1, 0.15) is 6.92 Å². The smallest absolute Gasteiger partial charge is 0.336 e. The molecule has 1 aromatic carbocycles. The van der Waals surface area contributed by atoms with Crippen LogP contribution in [-0.4, -0.2) is 19.2 Å². The van der Waals surface area contributed by atoms with Crippen LogP contribution >= 0.6 is 67.8 Å². The molecule has 0 radical (unpaired) electrons. The first kappa shape index (κ1) is 16.5. The first-order chi connectivity index (χ1) is 8.45. The number of halogens is 3. The molecular weight excluding hydrogens is 573 g/mol. The molecule has 0 aliphatic carbocycles. The Morgan fingerprint density at radius 3 is 2.33 bits per heavy atom. The van der Waals surface area contributed by atoms with Crippen LogP contribution < -0.4 is 4.74 Å². The van der Waals surface area contributed by atoms with Crippen molar-refractivity contribution in [2.45, 2.75) is 6.92 Å². The van der Waals surface area contributed by atoms with Gasteiger partial charge in [0.1, 0.15) is 12.4 Å². The Hall–Kier alpha value is 0.420. The van der Waals surface area contributed by atoms with Crippen LogP contribution in [0, 0.1) is 10.7 Å². The third-order valence-corrected chi connectivity index (χ3v) is 4.14. The summed E-state index contributed by atoms with van der Waals surface area (Å²) >= 11 is 6.68. The number of hydrogen-bond acceptors (Lipinski definition) is 3. The van der Waals surface area contributed by atoms with E-state index in [-0.39, 0.29) is 6.61 Å². The van der Waals surface area contributed by atoms with Gasteiger partial charge < -0.3 is 9.47 Å². The highest BCUT2D eigenvalue weighted by Crippen LogP contribution is 2.29. The zero-order chi connectivity index (χ0) is 13.7. The molecule has 0 atom stereocenters. The topological polar surface area (TPSA) is 35.5 Å². The molecule has 0 aliphatic heterocycles. The summed E-state index contributed by atoms with van der Waals surface area (Å²) in [5, 5.41) is 0. The summed E-state index contributed by atoms with van der Waals surface area (Å²) < 4.78 is 13.7. The molecule has 1 aromatic rings. The second kappa shape index (κ2) is 7.88. The van der Waals surface area contributed by atoms with E-state index in [1.165, 1.54) is 0 Å². The Balaban J connectivity index is 2.70. The van der Waals surface area contributed by atoms with Crippen LogP contribution in [-0.2, 0) is 9.53 Å². The molecule has 3 nitrogen and oxygen atoms in total. The first-order valence-corrected chi connectivity index (χ1v) is 8.31. The third-order valence-electron chi connectivity index (χ3n) is 1.92. The summed E-state index contributed by atoms with van der Waals surface area (Å²) in [6.07, 6.45) is 0. The van der Waals surface area contributed by atoms with E-state index in [0.29, 0.717) is 12.2 Å². The zero-order valence-corrected chi connectivity index (χ0v) is 16.1. The monoisotopic (exact) mass is 584 g/mol. The van der Waals surface area contributed by atoms with E-state index in [4.69, 9.17) is 9.47 Å². The summed E-state index contributed by atoms with van der Waals surface area (Å²) in [6, 6.07) is 4.04. The number of benzene rings is 1. The maximum atomic E-state index is 11.4. The predicted octanol–water partition coefficient (Wildman–Crippen LogP) is 4.00. The van der Waals surface area contributed by atoms with Crippen LogP contribution in [0.4, 0.5) is 0 Å². The van der Waals surface area contributed by atoms with E-state index in [1.807, 2.05) is 12.1 Å². The molecule has 6 heteroatoms. The fourth-order valence-corrected chi connectivity index (χ4v) is 5.01. The van der Waals surface area contributed by atoms with Crippen LogP contribution in [0.2, 0.25) is 0 Å². The summed E-state index contributed by atoms with van der Waals surface area (Å²) in [6.45, 7) is 5.91. The summed E-state index contributed by atoms with van der Waals surface area (Å²) in [5.41, 5.74) is 0.321. The minimum Gasteiger partial charge on any atom is -0.486 e. The average Bonchev–Trinajstić information content (AvgIpc) is 2.27. The predicted molar refractivity (Wildman–Crippen MR) is 95.9 cm³/mol. The summed E-state index contributed by atoms with van der Waals surface area (Å²) in [4.78, 5) is 11.4. The number of ether oxygens (including phenoxy) is 2. The zero-order valence-electron chi connectivity index (χ0n) is 9.63. The normalized spacial score (nSPS) is 10.0. The third kappa shape index (κ3) is 4.83. The molecule has 0 aromatic heterocycles. The van der Waals surface area contributed by atoms with Crippen molar-refractivity contribution < 1.29 is 14.3 Å². The maximum Gasteiger partial charge on any atom is 0.336 e. The van der Waals surface area contributed by atoms with E-state index in [1.54, 1.807) is 6.92 Å². The first-order valence-electron chi connectivity index (χ1n) is 5.08. The summed E-state index contributed by atoms with van der Waals surface area (Å²) in [5.74, 6) is 0.370. The molecule has 18 heavy (non-hydrogen) atoms. The highest BCUT2D eigenvalue weighted by Gasteiger charge is 2.12. The lowest BCUT2D eigenvalue weighted by Crippen LogP contribution is -2.14. The largest absolute Gasteiger partial charge is 0.486 e. The lowest BCUT2D eigenvalue weighted by molar-refractivity contribution is -0.138. The Morgan fingerprint density at radius 2 is 1.83 bits per heavy atom. The number of hydrogen-bond donors (Lipinski definition) is 0. The van der Waals surface area contributed by atoms with Gasteiger partial charge in [0.05, 0.1) is 19.3 Å². The second-order valence-corrected chi connectivity index (χ2v) is 6.88. The minimum atomic E-state index is -0.409. The van der Waals surface area contributed by atoms with Gasteiger partial charge in [0, 0.05) is 3.57 Å². The molecule has 0 amide bonds. The lowest BCUT2D eigenvalue weighted by Gasteiger charge is -2.11. The molecule has 0 aliphatic rings. The highest BCUT2D eigenvalue weighted by atomic mass is 127. The maximum absolute atomic E-state index is 11.4. The average molecular weight is 584 g/mol. The SMILES string of the molecule is C=C(COc1c(I)cc(I)cc1I)C(=O)OCC. The van der Waals surface area contributed by atoms with Crippen molar-refractivity contribution in [1.29, 1.82) is 0 Å². The van der Waals surface area contributed by atoms with Crippen LogP contribution in [0.25, 0.3) is 0 Å². The van der Waals surface area contributed by atoms with Crippen molar-refractivity contribution in [3.63, 3.8) is 0 Å². The van der Waals surface area contributed by atoms with Gasteiger partial charge in [0.25, 0.3) is 0 Å². The Kier molecular flexibility index (Phi) is 7.21. The Bertz CT molecular complexity index is 449. The molecule has 0 fully saturated rings. The van der Waals surface area contributed by atoms with Crippen molar-refractivity contribution in [2.24, 2.45) is 0 Å². The second-order valence-electron chi connectivity index (χ2n) is 3.31. The summed E-state index contributed by atoms with van der Waals surface area (Å²) in [7, 11) is 0. The number of carbonyl (C=O) groups is 1.